The molecule has 1 atom stereocenters. The molecule has 0 saturated heterocycles. The Labute approximate surface area is 125 Å². The number of rotatable bonds is 7. The van der Waals surface area contributed by atoms with Crippen molar-refractivity contribution in [3.05, 3.63) is 65.5 Å². The van der Waals surface area contributed by atoms with Crippen LogP contribution in [0, 0.1) is 12.7 Å². The Bertz CT molecular complexity index is 556. The second-order valence-electron chi connectivity index (χ2n) is 5.21. The molecule has 0 aliphatic carbocycles. The minimum atomic E-state index is -0.235. The van der Waals surface area contributed by atoms with E-state index in [1.165, 1.54) is 6.07 Å². The van der Waals surface area contributed by atoms with Gasteiger partial charge in [-0.25, -0.2) is 4.39 Å². The van der Waals surface area contributed by atoms with Gasteiger partial charge in [0.15, 0.2) is 0 Å². The number of hydrogen-bond donors (Lipinski definition) is 1. The standard InChI is InChI=1S/C18H22FNO/c1-14-10-11-16(13-17(14)19)21-18(9-5-6-12-20)15-7-3-2-4-8-15/h2-4,7-8,10-11,13,18H,5-6,9,12,20H2,1H3/t18-/m0/s1. The predicted octanol–water partition coefficient (Wildman–Crippen LogP) is 4.38. The highest BCUT2D eigenvalue weighted by molar-refractivity contribution is 5.29. The van der Waals surface area contributed by atoms with E-state index in [0.29, 0.717) is 17.9 Å². The fourth-order valence-corrected chi connectivity index (χ4v) is 2.25. The second kappa shape index (κ2) is 7.79. The van der Waals surface area contributed by atoms with Gasteiger partial charge in [0, 0.05) is 6.07 Å². The summed E-state index contributed by atoms with van der Waals surface area (Å²) in [6.07, 6.45) is 2.76. The van der Waals surface area contributed by atoms with E-state index in [0.717, 1.165) is 24.8 Å². The van der Waals surface area contributed by atoms with Gasteiger partial charge in [0.2, 0.25) is 0 Å². The van der Waals surface area contributed by atoms with Crippen LogP contribution < -0.4 is 10.5 Å². The number of hydrogen-bond acceptors (Lipinski definition) is 2. The van der Waals surface area contributed by atoms with Crippen LogP contribution in [-0.2, 0) is 0 Å². The average Bonchev–Trinajstić information content (AvgIpc) is 2.51. The summed E-state index contributed by atoms with van der Waals surface area (Å²) in [6, 6.07) is 15.0. The van der Waals surface area contributed by atoms with Crippen LogP contribution in [0.4, 0.5) is 4.39 Å². The molecule has 3 heteroatoms. The van der Waals surface area contributed by atoms with Gasteiger partial charge in [0.05, 0.1) is 0 Å². The Hall–Kier alpha value is -1.87. The zero-order valence-corrected chi connectivity index (χ0v) is 12.4. The molecule has 0 aliphatic heterocycles. The van der Waals surface area contributed by atoms with Crippen LogP contribution in [0.5, 0.6) is 5.75 Å². The van der Waals surface area contributed by atoms with Crippen LogP contribution in [0.15, 0.2) is 48.5 Å². The summed E-state index contributed by atoms with van der Waals surface area (Å²) in [6.45, 7) is 2.43. The maximum atomic E-state index is 13.6. The van der Waals surface area contributed by atoms with Gasteiger partial charge in [-0.2, -0.15) is 0 Å². The Morgan fingerprint density at radius 1 is 1.10 bits per heavy atom. The van der Waals surface area contributed by atoms with Crippen molar-refractivity contribution in [2.45, 2.75) is 32.3 Å². The quantitative estimate of drug-likeness (QED) is 0.767. The molecule has 2 N–H and O–H groups in total. The molecule has 0 bridgehead atoms. The van der Waals surface area contributed by atoms with Crippen molar-refractivity contribution in [1.82, 2.24) is 0 Å². The maximum Gasteiger partial charge on any atom is 0.129 e. The SMILES string of the molecule is Cc1ccc(O[C@@H](CCCCN)c2ccccc2)cc1F. The molecule has 0 heterocycles. The molecule has 2 rings (SSSR count). The average molecular weight is 287 g/mol. The van der Waals surface area contributed by atoms with Crippen molar-refractivity contribution in [2.75, 3.05) is 6.54 Å². The highest BCUT2D eigenvalue weighted by Crippen LogP contribution is 2.27. The van der Waals surface area contributed by atoms with Gasteiger partial charge in [-0.3, -0.25) is 0 Å². The first-order valence-corrected chi connectivity index (χ1v) is 7.38. The number of benzene rings is 2. The summed E-state index contributed by atoms with van der Waals surface area (Å²) in [7, 11) is 0. The van der Waals surface area contributed by atoms with Gasteiger partial charge in [-0.15, -0.1) is 0 Å². The second-order valence-corrected chi connectivity index (χ2v) is 5.21. The Morgan fingerprint density at radius 2 is 1.86 bits per heavy atom. The summed E-state index contributed by atoms with van der Waals surface area (Å²) in [5.41, 5.74) is 7.29. The summed E-state index contributed by atoms with van der Waals surface area (Å²) < 4.78 is 19.6. The zero-order valence-electron chi connectivity index (χ0n) is 12.4. The Morgan fingerprint density at radius 3 is 2.52 bits per heavy atom. The number of halogens is 1. The molecule has 2 aromatic carbocycles. The summed E-state index contributed by atoms with van der Waals surface area (Å²) in [5, 5.41) is 0. The molecule has 0 aromatic heterocycles. The molecule has 2 nitrogen and oxygen atoms in total. The number of nitrogens with two attached hydrogens (primary N) is 1. The minimum Gasteiger partial charge on any atom is -0.486 e. The monoisotopic (exact) mass is 287 g/mol. The van der Waals surface area contributed by atoms with Crippen LogP contribution in [0.1, 0.15) is 36.5 Å². The van der Waals surface area contributed by atoms with Crippen LogP contribution >= 0.6 is 0 Å². The normalized spacial score (nSPS) is 12.1. The van der Waals surface area contributed by atoms with Crippen LogP contribution in [0.2, 0.25) is 0 Å². The van der Waals surface area contributed by atoms with Gasteiger partial charge in [-0.1, -0.05) is 36.4 Å². The predicted molar refractivity (Wildman–Crippen MR) is 83.9 cm³/mol. The van der Waals surface area contributed by atoms with Crippen LogP contribution in [0.25, 0.3) is 0 Å². The third-order valence-electron chi connectivity index (χ3n) is 3.51. The molecule has 0 radical (unpaired) electrons. The number of ether oxygens (including phenoxy) is 1. The van der Waals surface area contributed by atoms with E-state index in [-0.39, 0.29) is 11.9 Å². The highest BCUT2D eigenvalue weighted by Gasteiger charge is 2.13. The molecular formula is C18H22FNO. The molecule has 2 aromatic rings. The molecule has 0 unspecified atom stereocenters. The molecule has 0 fully saturated rings. The summed E-state index contributed by atoms with van der Waals surface area (Å²) in [4.78, 5) is 0. The molecule has 0 aliphatic rings. The highest BCUT2D eigenvalue weighted by atomic mass is 19.1. The zero-order chi connectivity index (χ0) is 15.1. The first-order valence-electron chi connectivity index (χ1n) is 7.38. The fourth-order valence-electron chi connectivity index (χ4n) is 2.25. The van der Waals surface area contributed by atoms with E-state index in [1.54, 1.807) is 13.0 Å². The van der Waals surface area contributed by atoms with Gasteiger partial charge in [0.25, 0.3) is 0 Å². The first-order chi connectivity index (χ1) is 10.2. The van der Waals surface area contributed by atoms with E-state index in [1.807, 2.05) is 36.4 Å². The number of aryl methyl sites for hydroxylation is 1. The van der Waals surface area contributed by atoms with Crippen molar-refractivity contribution in [3.8, 4) is 5.75 Å². The third-order valence-corrected chi connectivity index (χ3v) is 3.51. The minimum absolute atomic E-state index is 0.0696. The van der Waals surface area contributed by atoms with E-state index in [9.17, 15) is 4.39 Å². The van der Waals surface area contributed by atoms with Crippen LogP contribution in [-0.4, -0.2) is 6.54 Å². The molecule has 0 saturated carbocycles. The largest absolute Gasteiger partial charge is 0.486 e. The molecule has 0 spiro atoms. The van der Waals surface area contributed by atoms with E-state index < -0.39 is 0 Å². The van der Waals surface area contributed by atoms with Crippen molar-refractivity contribution in [2.24, 2.45) is 5.73 Å². The molecule has 21 heavy (non-hydrogen) atoms. The maximum absolute atomic E-state index is 13.6. The first kappa shape index (κ1) is 15.5. The van der Waals surface area contributed by atoms with Crippen molar-refractivity contribution in [3.63, 3.8) is 0 Å². The van der Waals surface area contributed by atoms with Gasteiger partial charge < -0.3 is 10.5 Å². The molecule has 112 valence electrons. The lowest BCUT2D eigenvalue weighted by Crippen LogP contribution is -2.09. The van der Waals surface area contributed by atoms with Gasteiger partial charge in [0.1, 0.15) is 17.7 Å². The van der Waals surface area contributed by atoms with Crippen molar-refractivity contribution >= 4 is 0 Å². The summed E-state index contributed by atoms with van der Waals surface area (Å²) in [5.74, 6) is 0.334. The van der Waals surface area contributed by atoms with Crippen LogP contribution in [0.3, 0.4) is 0 Å². The third kappa shape index (κ3) is 4.57. The van der Waals surface area contributed by atoms with Gasteiger partial charge in [-0.05, 0) is 49.9 Å². The van der Waals surface area contributed by atoms with E-state index >= 15 is 0 Å². The van der Waals surface area contributed by atoms with E-state index in [4.69, 9.17) is 10.5 Å². The Kier molecular flexibility index (Phi) is 5.76. The number of unbranched alkanes of at least 4 members (excludes halogenated alkanes) is 1. The lowest BCUT2D eigenvalue weighted by Gasteiger charge is -2.20. The lowest BCUT2D eigenvalue weighted by atomic mass is 10.0. The molecular weight excluding hydrogens is 265 g/mol. The topological polar surface area (TPSA) is 35.2 Å². The van der Waals surface area contributed by atoms with Crippen molar-refractivity contribution < 1.29 is 9.13 Å². The van der Waals surface area contributed by atoms with Gasteiger partial charge >= 0.3 is 0 Å². The lowest BCUT2D eigenvalue weighted by molar-refractivity contribution is 0.190. The molecule has 0 amide bonds. The van der Waals surface area contributed by atoms with Crippen molar-refractivity contribution in [1.29, 1.82) is 0 Å². The fraction of sp³-hybridized carbons (Fsp3) is 0.333. The smallest absolute Gasteiger partial charge is 0.129 e. The summed E-state index contributed by atoms with van der Waals surface area (Å²) >= 11 is 0. The van der Waals surface area contributed by atoms with E-state index in [2.05, 4.69) is 0 Å². The Balaban J connectivity index is 2.13.